The molecule has 2 N–H and O–H groups in total. The van der Waals surface area contributed by atoms with Crippen molar-refractivity contribution in [2.75, 3.05) is 25.0 Å². The van der Waals surface area contributed by atoms with Gasteiger partial charge in [-0.1, -0.05) is 6.07 Å². The van der Waals surface area contributed by atoms with Crippen molar-refractivity contribution in [1.82, 2.24) is 5.32 Å². The van der Waals surface area contributed by atoms with E-state index in [1.807, 2.05) is 0 Å². The lowest BCUT2D eigenvalue weighted by Crippen LogP contribution is -2.34. The van der Waals surface area contributed by atoms with Gasteiger partial charge in [0.1, 0.15) is 11.9 Å². The lowest BCUT2D eigenvalue weighted by Gasteiger charge is -2.25. The fraction of sp³-hybridized carbons (Fsp3) is 0.647. The Bertz CT molecular complexity index is 472. The molecule has 2 aliphatic heterocycles. The minimum Gasteiger partial charge on any atom is -0.487 e. The maximum atomic E-state index is 5.81. The fourth-order valence-corrected chi connectivity index (χ4v) is 3.02. The highest BCUT2D eigenvalue weighted by Gasteiger charge is 2.18. The van der Waals surface area contributed by atoms with Crippen LogP contribution in [-0.4, -0.2) is 37.9 Å². The molecule has 2 aliphatic rings. The van der Waals surface area contributed by atoms with E-state index < -0.39 is 0 Å². The molecule has 0 amide bonds. The van der Waals surface area contributed by atoms with Crippen molar-refractivity contribution >= 4 is 5.69 Å². The van der Waals surface area contributed by atoms with Crippen LogP contribution in [0, 0.1) is 0 Å². The Morgan fingerprint density at radius 3 is 3.14 bits per heavy atom. The largest absolute Gasteiger partial charge is 0.487 e. The number of anilines is 1. The van der Waals surface area contributed by atoms with E-state index in [0.29, 0.717) is 12.1 Å². The van der Waals surface area contributed by atoms with Gasteiger partial charge in [0.05, 0.1) is 18.3 Å². The first-order valence-corrected chi connectivity index (χ1v) is 8.09. The van der Waals surface area contributed by atoms with Crippen LogP contribution in [0.15, 0.2) is 18.2 Å². The Labute approximate surface area is 127 Å². The molecule has 0 spiro atoms. The van der Waals surface area contributed by atoms with E-state index in [1.165, 1.54) is 18.4 Å². The number of nitrogens with one attached hydrogen (secondary N) is 2. The number of hydrogen-bond donors (Lipinski definition) is 2. The number of benzene rings is 1. The molecule has 3 unspecified atom stereocenters. The summed E-state index contributed by atoms with van der Waals surface area (Å²) in [4.78, 5) is 0. The predicted octanol–water partition coefficient (Wildman–Crippen LogP) is 2.58. The summed E-state index contributed by atoms with van der Waals surface area (Å²) in [6.45, 7) is 7.09. The Kier molecular flexibility index (Phi) is 4.66. The van der Waals surface area contributed by atoms with Crippen LogP contribution >= 0.6 is 0 Å². The molecule has 3 rings (SSSR count). The minimum absolute atomic E-state index is 0.246. The second-order valence-corrected chi connectivity index (χ2v) is 6.29. The van der Waals surface area contributed by atoms with Crippen molar-refractivity contribution in [3.05, 3.63) is 23.8 Å². The topological polar surface area (TPSA) is 42.5 Å². The summed E-state index contributed by atoms with van der Waals surface area (Å²) in [6.07, 6.45) is 4.08. The first-order chi connectivity index (χ1) is 10.2. The summed E-state index contributed by atoms with van der Waals surface area (Å²) in [5.74, 6) is 0.970. The van der Waals surface area contributed by atoms with Gasteiger partial charge in [-0.25, -0.2) is 0 Å². The maximum absolute atomic E-state index is 5.81. The van der Waals surface area contributed by atoms with Gasteiger partial charge in [-0.15, -0.1) is 0 Å². The van der Waals surface area contributed by atoms with Crippen LogP contribution in [0.25, 0.3) is 0 Å². The molecular formula is C17H26N2O2. The third kappa shape index (κ3) is 3.89. The van der Waals surface area contributed by atoms with Crippen LogP contribution in [0.5, 0.6) is 5.75 Å². The zero-order valence-electron chi connectivity index (χ0n) is 13.0. The number of rotatable bonds is 5. The third-order valence-electron chi connectivity index (χ3n) is 4.21. The van der Waals surface area contributed by atoms with Gasteiger partial charge in [0.25, 0.3) is 0 Å². The minimum atomic E-state index is 0.246. The molecule has 0 aromatic heterocycles. The van der Waals surface area contributed by atoms with Crippen molar-refractivity contribution in [3.8, 4) is 5.75 Å². The molecule has 0 aliphatic carbocycles. The van der Waals surface area contributed by atoms with Crippen molar-refractivity contribution in [2.24, 2.45) is 0 Å². The number of fused-ring (bicyclic) bond motifs is 1. The second kappa shape index (κ2) is 6.67. The standard InChI is InChI=1S/C17H26N2O2/c1-12(18-11-15-4-3-7-20-15)8-14-5-6-17-16(9-14)19-10-13(2)21-17/h5-6,9,12-13,15,18-19H,3-4,7-8,10-11H2,1-2H3. The van der Waals surface area contributed by atoms with E-state index in [0.717, 1.165) is 37.6 Å². The van der Waals surface area contributed by atoms with E-state index in [4.69, 9.17) is 9.47 Å². The first-order valence-electron chi connectivity index (χ1n) is 8.09. The highest BCUT2D eigenvalue weighted by atomic mass is 16.5. The Balaban J connectivity index is 1.52. The SMILES string of the molecule is CC(Cc1ccc2c(c1)NCC(C)O2)NCC1CCCO1. The normalized spacial score (nSPS) is 25.8. The lowest BCUT2D eigenvalue weighted by atomic mass is 10.0. The second-order valence-electron chi connectivity index (χ2n) is 6.29. The van der Waals surface area contributed by atoms with Crippen molar-refractivity contribution in [2.45, 2.75) is 51.4 Å². The third-order valence-corrected chi connectivity index (χ3v) is 4.21. The van der Waals surface area contributed by atoms with E-state index in [2.05, 4.69) is 42.7 Å². The predicted molar refractivity (Wildman–Crippen MR) is 85.2 cm³/mol. The summed E-state index contributed by atoms with van der Waals surface area (Å²) in [6, 6.07) is 6.92. The smallest absolute Gasteiger partial charge is 0.142 e. The zero-order chi connectivity index (χ0) is 14.7. The molecule has 4 nitrogen and oxygen atoms in total. The highest BCUT2D eigenvalue weighted by Crippen LogP contribution is 2.30. The molecule has 2 heterocycles. The molecule has 0 bridgehead atoms. The van der Waals surface area contributed by atoms with Gasteiger partial charge in [-0.2, -0.15) is 0 Å². The molecule has 1 aromatic rings. The average molecular weight is 290 g/mol. The van der Waals surface area contributed by atoms with Gasteiger partial charge in [0.15, 0.2) is 0 Å². The average Bonchev–Trinajstić information content (AvgIpc) is 2.99. The molecule has 1 aromatic carbocycles. The zero-order valence-corrected chi connectivity index (χ0v) is 13.0. The Morgan fingerprint density at radius 1 is 1.43 bits per heavy atom. The summed E-state index contributed by atoms with van der Waals surface area (Å²) in [5, 5.41) is 7.02. The monoisotopic (exact) mass is 290 g/mol. The van der Waals surface area contributed by atoms with Gasteiger partial charge < -0.3 is 20.1 Å². The number of hydrogen-bond acceptors (Lipinski definition) is 4. The van der Waals surface area contributed by atoms with Crippen LogP contribution in [0.2, 0.25) is 0 Å². The van der Waals surface area contributed by atoms with E-state index in [9.17, 15) is 0 Å². The Morgan fingerprint density at radius 2 is 2.33 bits per heavy atom. The van der Waals surface area contributed by atoms with Gasteiger partial charge in [-0.3, -0.25) is 0 Å². The van der Waals surface area contributed by atoms with Crippen molar-refractivity contribution < 1.29 is 9.47 Å². The molecule has 0 saturated carbocycles. The molecule has 3 atom stereocenters. The van der Waals surface area contributed by atoms with Crippen LogP contribution in [0.1, 0.15) is 32.3 Å². The van der Waals surface area contributed by atoms with E-state index in [1.54, 1.807) is 0 Å². The van der Waals surface area contributed by atoms with Gasteiger partial charge in [-0.05, 0) is 50.8 Å². The lowest BCUT2D eigenvalue weighted by molar-refractivity contribution is 0.108. The van der Waals surface area contributed by atoms with Crippen molar-refractivity contribution in [3.63, 3.8) is 0 Å². The first kappa shape index (κ1) is 14.7. The summed E-state index contributed by atoms with van der Waals surface area (Å²) < 4.78 is 11.5. The van der Waals surface area contributed by atoms with Gasteiger partial charge in [0, 0.05) is 19.2 Å². The van der Waals surface area contributed by atoms with Gasteiger partial charge in [0.2, 0.25) is 0 Å². The highest BCUT2D eigenvalue weighted by molar-refractivity contribution is 5.59. The number of ether oxygens (including phenoxy) is 2. The quantitative estimate of drug-likeness (QED) is 0.874. The molecule has 4 heteroatoms. The molecule has 1 fully saturated rings. The molecular weight excluding hydrogens is 264 g/mol. The molecule has 1 saturated heterocycles. The van der Waals surface area contributed by atoms with E-state index >= 15 is 0 Å². The molecule has 21 heavy (non-hydrogen) atoms. The van der Waals surface area contributed by atoms with Crippen molar-refractivity contribution in [1.29, 1.82) is 0 Å². The van der Waals surface area contributed by atoms with Crippen LogP contribution in [0.4, 0.5) is 5.69 Å². The molecule has 116 valence electrons. The van der Waals surface area contributed by atoms with E-state index in [-0.39, 0.29) is 6.10 Å². The summed E-state index contributed by atoms with van der Waals surface area (Å²) in [5.41, 5.74) is 2.46. The van der Waals surface area contributed by atoms with Gasteiger partial charge >= 0.3 is 0 Å². The fourth-order valence-electron chi connectivity index (χ4n) is 3.02. The Hall–Kier alpha value is -1.26. The van der Waals surface area contributed by atoms with Crippen LogP contribution in [-0.2, 0) is 11.2 Å². The summed E-state index contributed by atoms with van der Waals surface area (Å²) in [7, 11) is 0. The van der Waals surface area contributed by atoms with Crippen LogP contribution < -0.4 is 15.4 Å². The van der Waals surface area contributed by atoms with Crippen LogP contribution in [0.3, 0.4) is 0 Å². The molecule has 0 radical (unpaired) electrons. The summed E-state index contributed by atoms with van der Waals surface area (Å²) >= 11 is 0. The maximum Gasteiger partial charge on any atom is 0.142 e.